The van der Waals surface area contributed by atoms with Crippen LogP contribution in [0.2, 0.25) is 0 Å². The van der Waals surface area contributed by atoms with Crippen molar-refractivity contribution in [3.8, 4) is 0 Å². The van der Waals surface area contributed by atoms with Crippen LogP contribution in [0.25, 0.3) is 0 Å². The first-order valence-corrected chi connectivity index (χ1v) is 7.84. The van der Waals surface area contributed by atoms with Gasteiger partial charge in [0.05, 0.1) is 5.69 Å². The van der Waals surface area contributed by atoms with Crippen molar-refractivity contribution < 1.29 is 4.79 Å². The number of amides is 1. The molecule has 1 saturated heterocycles. The molecule has 0 spiro atoms. The van der Waals surface area contributed by atoms with Gasteiger partial charge in [-0.2, -0.15) is 0 Å². The zero-order chi connectivity index (χ0) is 15.3. The lowest BCUT2D eigenvalue weighted by Crippen LogP contribution is -2.45. The first-order chi connectivity index (χ1) is 9.92. The summed E-state index contributed by atoms with van der Waals surface area (Å²) in [6.45, 7) is 9.25. The minimum absolute atomic E-state index is 0.0593. The van der Waals surface area contributed by atoms with E-state index >= 15 is 0 Å². The van der Waals surface area contributed by atoms with E-state index in [9.17, 15) is 4.79 Å². The second-order valence-corrected chi connectivity index (χ2v) is 7.18. The normalized spacial score (nSPS) is 17.7. The summed E-state index contributed by atoms with van der Waals surface area (Å²) in [5, 5.41) is 3.18. The SMILES string of the molecule is CC(C)(C)CC(=O)NC1CCN(Cc2ccccn2)CC1. The first kappa shape index (κ1) is 16.0. The molecule has 1 fully saturated rings. The molecule has 1 N–H and O–H groups in total. The predicted molar refractivity (Wildman–Crippen MR) is 84.8 cm³/mol. The quantitative estimate of drug-likeness (QED) is 0.926. The number of carbonyl (C=O) groups is 1. The molecule has 1 aromatic heterocycles. The van der Waals surface area contributed by atoms with Gasteiger partial charge in [0.15, 0.2) is 0 Å². The smallest absolute Gasteiger partial charge is 0.220 e. The topological polar surface area (TPSA) is 45.2 Å². The lowest BCUT2D eigenvalue weighted by molar-refractivity contribution is -0.123. The van der Waals surface area contributed by atoms with Crippen LogP contribution in [0.4, 0.5) is 0 Å². The lowest BCUT2D eigenvalue weighted by atomic mass is 9.91. The number of rotatable bonds is 4. The van der Waals surface area contributed by atoms with Gasteiger partial charge < -0.3 is 5.32 Å². The highest BCUT2D eigenvalue weighted by atomic mass is 16.1. The fourth-order valence-electron chi connectivity index (χ4n) is 2.72. The third kappa shape index (κ3) is 5.84. The maximum absolute atomic E-state index is 12.0. The monoisotopic (exact) mass is 289 g/mol. The van der Waals surface area contributed by atoms with Crippen LogP contribution in [0.5, 0.6) is 0 Å². The molecule has 0 aromatic carbocycles. The van der Waals surface area contributed by atoms with Crippen LogP contribution >= 0.6 is 0 Å². The van der Waals surface area contributed by atoms with Crippen molar-refractivity contribution in [2.45, 2.75) is 52.6 Å². The van der Waals surface area contributed by atoms with Gasteiger partial charge in [-0.1, -0.05) is 26.8 Å². The van der Waals surface area contributed by atoms with E-state index < -0.39 is 0 Å². The van der Waals surface area contributed by atoms with E-state index in [0.29, 0.717) is 12.5 Å². The summed E-state index contributed by atoms with van der Waals surface area (Å²) in [7, 11) is 0. The number of nitrogens with zero attached hydrogens (tertiary/aromatic N) is 2. The molecule has 4 heteroatoms. The molecule has 2 heterocycles. The average molecular weight is 289 g/mol. The van der Waals surface area contributed by atoms with Crippen molar-refractivity contribution in [2.75, 3.05) is 13.1 Å². The van der Waals surface area contributed by atoms with Gasteiger partial charge in [0.25, 0.3) is 0 Å². The van der Waals surface area contributed by atoms with Crippen LogP contribution < -0.4 is 5.32 Å². The summed E-state index contributed by atoms with van der Waals surface area (Å²) >= 11 is 0. The van der Waals surface area contributed by atoms with E-state index in [1.807, 2.05) is 18.3 Å². The summed E-state index contributed by atoms with van der Waals surface area (Å²) in [6.07, 6.45) is 4.50. The van der Waals surface area contributed by atoms with Crippen LogP contribution in [0.1, 0.15) is 45.7 Å². The number of nitrogens with one attached hydrogen (secondary N) is 1. The number of hydrogen-bond donors (Lipinski definition) is 1. The number of hydrogen-bond acceptors (Lipinski definition) is 3. The summed E-state index contributed by atoms with van der Waals surface area (Å²) < 4.78 is 0. The highest BCUT2D eigenvalue weighted by Crippen LogP contribution is 2.19. The molecule has 0 aliphatic carbocycles. The largest absolute Gasteiger partial charge is 0.353 e. The Morgan fingerprint density at radius 2 is 2.05 bits per heavy atom. The lowest BCUT2D eigenvalue weighted by Gasteiger charge is -2.32. The molecule has 1 aliphatic heterocycles. The van der Waals surface area contributed by atoms with E-state index in [1.54, 1.807) is 0 Å². The van der Waals surface area contributed by atoms with Crippen LogP contribution in [0.15, 0.2) is 24.4 Å². The van der Waals surface area contributed by atoms with Gasteiger partial charge in [-0.15, -0.1) is 0 Å². The van der Waals surface area contributed by atoms with E-state index in [1.165, 1.54) is 0 Å². The standard InChI is InChI=1S/C17H27N3O/c1-17(2,3)12-16(21)19-14-7-10-20(11-8-14)13-15-6-4-5-9-18-15/h4-6,9,14H,7-8,10-13H2,1-3H3,(H,19,21). The molecule has 0 unspecified atom stereocenters. The van der Waals surface area contributed by atoms with Crippen LogP contribution in [0, 0.1) is 5.41 Å². The summed E-state index contributed by atoms with van der Waals surface area (Å²) in [6, 6.07) is 6.37. The molecule has 116 valence electrons. The maximum Gasteiger partial charge on any atom is 0.220 e. The number of aromatic nitrogens is 1. The van der Waals surface area contributed by atoms with Crippen molar-refractivity contribution in [3.05, 3.63) is 30.1 Å². The molecular formula is C17H27N3O. The molecule has 2 rings (SSSR count). The molecule has 0 saturated carbocycles. The zero-order valence-corrected chi connectivity index (χ0v) is 13.4. The molecule has 0 radical (unpaired) electrons. The summed E-state index contributed by atoms with van der Waals surface area (Å²) in [4.78, 5) is 18.7. The number of carbonyl (C=O) groups excluding carboxylic acids is 1. The minimum Gasteiger partial charge on any atom is -0.353 e. The summed E-state index contributed by atoms with van der Waals surface area (Å²) in [5.74, 6) is 0.186. The van der Waals surface area contributed by atoms with Crippen LogP contribution in [-0.4, -0.2) is 34.9 Å². The van der Waals surface area contributed by atoms with Crippen molar-refractivity contribution in [1.29, 1.82) is 0 Å². The number of likely N-dealkylation sites (tertiary alicyclic amines) is 1. The van der Waals surface area contributed by atoms with Gasteiger partial charge >= 0.3 is 0 Å². The Hall–Kier alpha value is -1.42. The highest BCUT2D eigenvalue weighted by molar-refractivity contribution is 5.76. The van der Waals surface area contributed by atoms with Crippen LogP contribution in [0.3, 0.4) is 0 Å². The van der Waals surface area contributed by atoms with Crippen LogP contribution in [-0.2, 0) is 11.3 Å². The Morgan fingerprint density at radius 1 is 1.33 bits per heavy atom. The molecule has 0 atom stereocenters. The molecule has 0 bridgehead atoms. The van der Waals surface area contributed by atoms with Gasteiger partial charge in [-0.05, 0) is 30.4 Å². The predicted octanol–water partition coefficient (Wildman–Crippen LogP) is 2.60. The molecular weight excluding hydrogens is 262 g/mol. The molecule has 1 aromatic rings. The van der Waals surface area contributed by atoms with E-state index in [2.05, 4.69) is 42.0 Å². The molecule has 1 aliphatic rings. The average Bonchev–Trinajstić information content (AvgIpc) is 2.40. The van der Waals surface area contributed by atoms with Gasteiger partial charge in [0.1, 0.15) is 0 Å². The third-order valence-electron chi connectivity index (χ3n) is 3.76. The summed E-state index contributed by atoms with van der Waals surface area (Å²) in [5.41, 5.74) is 1.18. The van der Waals surface area contributed by atoms with Gasteiger partial charge in [-0.25, -0.2) is 0 Å². The van der Waals surface area contributed by atoms with Crippen molar-refractivity contribution >= 4 is 5.91 Å². The second kappa shape index (κ2) is 7.03. The Balaban J connectivity index is 1.72. The van der Waals surface area contributed by atoms with Gasteiger partial charge in [0, 0.05) is 38.3 Å². The molecule has 21 heavy (non-hydrogen) atoms. The molecule has 1 amide bonds. The maximum atomic E-state index is 12.0. The molecule has 4 nitrogen and oxygen atoms in total. The first-order valence-electron chi connectivity index (χ1n) is 7.84. The van der Waals surface area contributed by atoms with Crippen molar-refractivity contribution in [2.24, 2.45) is 5.41 Å². The van der Waals surface area contributed by atoms with E-state index in [0.717, 1.165) is 38.2 Å². The fraction of sp³-hybridized carbons (Fsp3) is 0.647. The van der Waals surface area contributed by atoms with Crippen molar-refractivity contribution in [1.82, 2.24) is 15.2 Å². The number of pyridine rings is 1. The third-order valence-corrected chi connectivity index (χ3v) is 3.76. The second-order valence-electron chi connectivity index (χ2n) is 7.18. The Morgan fingerprint density at radius 3 is 2.62 bits per heavy atom. The zero-order valence-electron chi connectivity index (χ0n) is 13.4. The van der Waals surface area contributed by atoms with Crippen molar-refractivity contribution in [3.63, 3.8) is 0 Å². The Bertz CT molecular complexity index is 445. The van der Waals surface area contributed by atoms with E-state index in [-0.39, 0.29) is 11.3 Å². The highest BCUT2D eigenvalue weighted by Gasteiger charge is 2.23. The Labute approximate surface area is 127 Å². The minimum atomic E-state index is 0.0593. The Kier molecular flexibility index (Phi) is 5.34. The van der Waals surface area contributed by atoms with Gasteiger partial charge in [0.2, 0.25) is 5.91 Å². The van der Waals surface area contributed by atoms with Gasteiger partial charge in [-0.3, -0.25) is 14.7 Å². The fourth-order valence-corrected chi connectivity index (χ4v) is 2.72. The van der Waals surface area contributed by atoms with E-state index in [4.69, 9.17) is 0 Å². The number of piperidine rings is 1.